The van der Waals surface area contributed by atoms with Gasteiger partial charge in [0.05, 0.1) is 18.1 Å². The van der Waals surface area contributed by atoms with Gasteiger partial charge in [-0.05, 0) is 6.07 Å². The molecule has 0 fully saturated rings. The van der Waals surface area contributed by atoms with Crippen LogP contribution >= 0.6 is 11.6 Å². The third kappa shape index (κ3) is 2.54. The van der Waals surface area contributed by atoms with E-state index in [9.17, 15) is 22.0 Å². The van der Waals surface area contributed by atoms with Crippen LogP contribution in [0.4, 0.5) is 22.0 Å². The number of aromatic nitrogens is 1. The Bertz CT molecular complexity index is 741. The van der Waals surface area contributed by atoms with Gasteiger partial charge in [-0.15, -0.1) is 0 Å². The lowest BCUT2D eigenvalue weighted by Gasteiger charge is -2.09. The summed E-state index contributed by atoms with van der Waals surface area (Å²) in [6, 6.07) is 2.80. The minimum absolute atomic E-state index is 0.0934. The Morgan fingerprint density at radius 2 is 1.52 bits per heavy atom. The monoisotopic (exact) mass is 318 g/mol. The smallest absolute Gasteiger partial charge is 0.200 e. The number of hydrogen-bond acceptors (Lipinski definition) is 2. The second kappa shape index (κ2) is 5.66. The maximum Gasteiger partial charge on any atom is 0.200 e. The minimum Gasteiger partial charge on any atom is -0.244 e. The van der Waals surface area contributed by atoms with Crippen molar-refractivity contribution in [3.05, 3.63) is 52.1 Å². The van der Waals surface area contributed by atoms with Crippen molar-refractivity contribution in [1.29, 1.82) is 5.26 Å². The predicted molar refractivity (Wildman–Crippen MR) is 63.8 cm³/mol. The van der Waals surface area contributed by atoms with E-state index in [1.165, 1.54) is 0 Å². The summed E-state index contributed by atoms with van der Waals surface area (Å²) in [5, 5.41) is 8.49. The lowest BCUT2D eigenvalue weighted by atomic mass is 10.0. The van der Waals surface area contributed by atoms with Gasteiger partial charge in [0.25, 0.3) is 0 Å². The second-order valence-corrected chi connectivity index (χ2v) is 4.31. The molecular formula is C13H4ClF5N2. The summed E-state index contributed by atoms with van der Waals surface area (Å²) >= 11 is 5.67. The first-order chi connectivity index (χ1) is 9.88. The molecule has 0 saturated carbocycles. The molecule has 8 heteroatoms. The van der Waals surface area contributed by atoms with E-state index in [1.54, 1.807) is 6.07 Å². The molecule has 1 aromatic heterocycles. The van der Waals surface area contributed by atoms with E-state index in [4.69, 9.17) is 16.9 Å². The molecule has 0 amide bonds. The van der Waals surface area contributed by atoms with Crippen LogP contribution in [0.2, 0.25) is 5.15 Å². The molecule has 0 aliphatic carbocycles. The molecule has 0 bridgehead atoms. The highest BCUT2D eigenvalue weighted by atomic mass is 35.5. The van der Waals surface area contributed by atoms with E-state index in [2.05, 4.69) is 4.98 Å². The van der Waals surface area contributed by atoms with Gasteiger partial charge in [-0.3, -0.25) is 0 Å². The third-order valence-electron chi connectivity index (χ3n) is 2.68. The molecule has 0 aliphatic rings. The summed E-state index contributed by atoms with van der Waals surface area (Å²) in [6.07, 6.45) is 0.635. The topological polar surface area (TPSA) is 36.7 Å². The zero-order valence-corrected chi connectivity index (χ0v) is 10.8. The largest absolute Gasteiger partial charge is 0.244 e. The molecule has 0 radical (unpaired) electrons. The lowest BCUT2D eigenvalue weighted by molar-refractivity contribution is 0.381. The van der Waals surface area contributed by atoms with Crippen LogP contribution in [0, 0.1) is 40.4 Å². The molecule has 108 valence electrons. The number of benzene rings is 1. The van der Waals surface area contributed by atoms with Crippen molar-refractivity contribution in [3.63, 3.8) is 0 Å². The Hall–Kier alpha value is -2.20. The first-order valence-corrected chi connectivity index (χ1v) is 5.79. The maximum absolute atomic E-state index is 13.7. The average molecular weight is 319 g/mol. The van der Waals surface area contributed by atoms with Crippen LogP contribution in [0.1, 0.15) is 5.56 Å². The van der Waals surface area contributed by atoms with Crippen molar-refractivity contribution in [3.8, 4) is 17.2 Å². The van der Waals surface area contributed by atoms with Gasteiger partial charge >= 0.3 is 0 Å². The molecular weight excluding hydrogens is 315 g/mol. The highest BCUT2D eigenvalue weighted by molar-refractivity contribution is 6.30. The Morgan fingerprint density at radius 1 is 1.00 bits per heavy atom. The highest BCUT2D eigenvalue weighted by Gasteiger charge is 2.27. The molecule has 0 atom stereocenters. The molecule has 2 aromatic rings. The molecule has 0 N–H and O–H groups in total. The summed E-state index contributed by atoms with van der Waals surface area (Å²) in [5.74, 6) is -10.3. The molecule has 2 rings (SSSR count). The van der Waals surface area contributed by atoms with Gasteiger partial charge in [0, 0.05) is 17.3 Å². The van der Waals surface area contributed by atoms with E-state index in [1.807, 2.05) is 0 Å². The molecule has 0 aliphatic heterocycles. The number of rotatable bonds is 2. The van der Waals surface area contributed by atoms with Gasteiger partial charge in [0.1, 0.15) is 5.15 Å². The molecule has 2 nitrogen and oxygen atoms in total. The summed E-state index contributed by atoms with van der Waals surface area (Å²) in [4.78, 5) is 3.58. The molecule has 1 heterocycles. The van der Waals surface area contributed by atoms with Crippen LogP contribution in [0.25, 0.3) is 11.1 Å². The quantitative estimate of drug-likeness (QED) is 0.361. The van der Waals surface area contributed by atoms with Gasteiger partial charge < -0.3 is 0 Å². The van der Waals surface area contributed by atoms with Crippen LogP contribution in [0.5, 0.6) is 0 Å². The van der Waals surface area contributed by atoms with Crippen molar-refractivity contribution in [2.24, 2.45) is 0 Å². The van der Waals surface area contributed by atoms with Crippen LogP contribution < -0.4 is 0 Å². The van der Waals surface area contributed by atoms with Gasteiger partial charge in [-0.1, -0.05) is 11.6 Å². The fourth-order valence-corrected chi connectivity index (χ4v) is 1.87. The standard InChI is InChI=1S/C13H4ClF5N2/c14-13-5(1-2-20)3-6(4-21-13)7-8(15)10(17)12(19)11(18)9(7)16/h3-4H,1H2. The Morgan fingerprint density at radius 3 is 2.05 bits per heavy atom. The number of nitrogens with zero attached hydrogens (tertiary/aromatic N) is 2. The molecule has 0 spiro atoms. The zero-order valence-electron chi connectivity index (χ0n) is 10.0. The number of nitriles is 1. The maximum atomic E-state index is 13.7. The van der Waals surface area contributed by atoms with Gasteiger partial charge in [-0.2, -0.15) is 5.26 Å². The molecule has 21 heavy (non-hydrogen) atoms. The normalized spacial score (nSPS) is 10.5. The summed E-state index contributed by atoms with van der Waals surface area (Å²) in [6.45, 7) is 0. The van der Waals surface area contributed by atoms with E-state index in [-0.39, 0.29) is 22.7 Å². The van der Waals surface area contributed by atoms with Crippen molar-refractivity contribution in [2.75, 3.05) is 0 Å². The summed E-state index contributed by atoms with van der Waals surface area (Å²) in [7, 11) is 0. The van der Waals surface area contributed by atoms with E-state index < -0.39 is 34.6 Å². The molecule has 0 unspecified atom stereocenters. The van der Waals surface area contributed by atoms with E-state index in [0.29, 0.717) is 0 Å². The average Bonchev–Trinajstić information content (AvgIpc) is 2.47. The molecule has 0 saturated heterocycles. The first-order valence-electron chi connectivity index (χ1n) is 5.41. The predicted octanol–water partition coefficient (Wildman–Crippen LogP) is 4.16. The second-order valence-electron chi connectivity index (χ2n) is 3.95. The van der Waals surface area contributed by atoms with Crippen molar-refractivity contribution < 1.29 is 22.0 Å². The van der Waals surface area contributed by atoms with E-state index >= 15 is 0 Å². The van der Waals surface area contributed by atoms with Gasteiger partial charge in [0.2, 0.25) is 5.82 Å². The van der Waals surface area contributed by atoms with Crippen molar-refractivity contribution >= 4 is 11.6 Å². The highest BCUT2D eigenvalue weighted by Crippen LogP contribution is 2.32. The fraction of sp³-hybridized carbons (Fsp3) is 0.0769. The summed E-state index contributed by atoms with van der Waals surface area (Å²) < 4.78 is 66.6. The number of pyridine rings is 1. The Balaban J connectivity index is 2.74. The fourth-order valence-electron chi connectivity index (χ4n) is 1.70. The first kappa shape index (κ1) is 15.2. The SMILES string of the molecule is N#CCc1cc(-c2c(F)c(F)c(F)c(F)c2F)cnc1Cl. The van der Waals surface area contributed by atoms with Gasteiger partial charge in [-0.25, -0.2) is 26.9 Å². The van der Waals surface area contributed by atoms with Crippen molar-refractivity contribution in [2.45, 2.75) is 6.42 Å². The van der Waals surface area contributed by atoms with Crippen LogP contribution in [0.3, 0.4) is 0 Å². The Labute approximate surface area is 120 Å². The number of hydrogen-bond donors (Lipinski definition) is 0. The minimum atomic E-state index is -2.24. The van der Waals surface area contributed by atoms with Crippen LogP contribution in [-0.4, -0.2) is 4.98 Å². The summed E-state index contributed by atoms with van der Waals surface area (Å²) in [5.41, 5.74) is -1.37. The number of halogens is 6. The Kier molecular flexibility index (Phi) is 4.09. The third-order valence-corrected chi connectivity index (χ3v) is 3.02. The van der Waals surface area contributed by atoms with Gasteiger partial charge in [0.15, 0.2) is 23.3 Å². The molecule has 1 aromatic carbocycles. The van der Waals surface area contributed by atoms with Crippen LogP contribution in [0.15, 0.2) is 12.3 Å². The van der Waals surface area contributed by atoms with Crippen molar-refractivity contribution in [1.82, 2.24) is 4.98 Å². The van der Waals surface area contributed by atoms with E-state index in [0.717, 1.165) is 12.3 Å². The zero-order chi connectivity index (χ0) is 15.7. The van der Waals surface area contributed by atoms with Crippen LogP contribution in [-0.2, 0) is 6.42 Å². The lowest BCUT2D eigenvalue weighted by Crippen LogP contribution is -2.04.